The number of hydrogen-bond donors (Lipinski definition) is 0. The summed E-state index contributed by atoms with van der Waals surface area (Å²) in [6.07, 6.45) is -20.0. The molecule has 0 atom stereocenters. The molecule has 0 aliphatic heterocycles. The molecular weight excluding hydrogens is 509 g/mol. The quantitative estimate of drug-likeness (QED) is 0.232. The second-order valence-electron chi connectivity index (χ2n) is 6.78. The monoisotopic (exact) mass is 522 g/mol. The highest BCUT2D eigenvalue weighted by molar-refractivity contribution is 7.80. The van der Waals surface area contributed by atoms with E-state index in [-0.39, 0.29) is 5.69 Å². The fourth-order valence-electron chi connectivity index (χ4n) is 2.76. The van der Waals surface area contributed by atoms with Crippen LogP contribution in [0.2, 0.25) is 0 Å². The van der Waals surface area contributed by atoms with Crippen LogP contribution < -0.4 is 4.90 Å². The molecule has 0 radical (unpaired) electrons. The lowest BCUT2D eigenvalue weighted by Gasteiger charge is -2.31. The Kier molecular flexibility index (Phi) is 7.95. The topological polar surface area (TPSA) is 15.6 Å². The van der Waals surface area contributed by atoms with E-state index in [0.717, 1.165) is 4.90 Å². The van der Waals surface area contributed by atoms with Crippen LogP contribution in [0.4, 0.5) is 54.0 Å². The first-order valence-corrected chi connectivity index (χ1v) is 9.44. The van der Waals surface area contributed by atoms with E-state index in [1.165, 1.54) is 54.6 Å². The highest BCUT2D eigenvalue weighted by Gasteiger charge is 2.71. The third-order valence-electron chi connectivity index (χ3n) is 4.30. The Bertz CT molecular complexity index is 983. The van der Waals surface area contributed by atoms with Crippen LogP contribution >= 0.6 is 12.2 Å². The van der Waals surface area contributed by atoms with Crippen LogP contribution in [-0.2, 0) is 6.54 Å². The maximum absolute atomic E-state index is 14.0. The summed E-state index contributed by atoms with van der Waals surface area (Å²) < 4.78 is 146. The average molecular weight is 522 g/mol. The molecule has 0 aliphatic rings. The van der Waals surface area contributed by atoms with Crippen molar-refractivity contribution in [1.29, 1.82) is 0 Å². The zero-order valence-corrected chi connectivity index (χ0v) is 17.3. The summed E-state index contributed by atoms with van der Waals surface area (Å²) in [6.45, 7) is -0.402. The van der Waals surface area contributed by atoms with Crippen molar-refractivity contribution >= 4 is 28.7 Å². The number of anilines is 1. The number of nitrogens with zero attached hydrogens (tertiary/aromatic N) is 2. The standard InChI is InChI=1S/C20H13F11N2S/c21-17(22,20(29,30)31)15(14(18(23,24)25)19(26,27)28)32-16(34)33(13-9-5-2-6-10-13)11-12-7-3-1-4-8-12/h1-10,14H,11H2/b32-15-. The predicted molar refractivity (Wildman–Crippen MR) is 106 cm³/mol. The van der Waals surface area contributed by atoms with Gasteiger partial charge in [-0.25, -0.2) is 4.99 Å². The zero-order chi connectivity index (χ0) is 25.9. The molecule has 34 heavy (non-hydrogen) atoms. The third kappa shape index (κ3) is 6.42. The van der Waals surface area contributed by atoms with E-state index in [4.69, 9.17) is 12.2 Å². The molecule has 2 aromatic carbocycles. The smallest absolute Gasteiger partial charge is 0.313 e. The van der Waals surface area contributed by atoms with Crippen LogP contribution in [0.5, 0.6) is 0 Å². The van der Waals surface area contributed by atoms with Crippen molar-refractivity contribution in [1.82, 2.24) is 0 Å². The molecule has 0 N–H and O–H groups in total. The number of halogens is 11. The summed E-state index contributed by atoms with van der Waals surface area (Å²) in [6, 6.07) is 14.3. The Hall–Kier alpha value is -2.77. The summed E-state index contributed by atoms with van der Waals surface area (Å²) in [7, 11) is 0. The molecule has 0 fully saturated rings. The van der Waals surface area contributed by atoms with Gasteiger partial charge in [-0.3, -0.25) is 0 Å². The normalized spacial score (nSPS) is 13.8. The number of alkyl halides is 11. The molecular formula is C20H13F11N2S. The Morgan fingerprint density at radius 3 is 1.59 bits per heavy atom. The van der Waals surface area contributed by atoms with E-state index < -0.39 is 47.7 Å². The predicted octanol–water partition coefficient (Wildman–Crippen LogP) is 7.36. The van der Waals surface area contributed by atoms with Crippen LogP contribution in [0.1, 0.15) is 5.56 Å². The number of hydrogen-bond acceptors (Lipinski definition) is 1. The fraction of sp³-hybridized carbons (Fsp3) is 0.300. The highest BCUT2D eigenvalue weighted by atomic mass is 32.1. The molecule has 0 unspecified atom stereocenters. The van der Waals surface area contributed by atoms with Gasteiger partial charge in [0.25, 0.3) is 0 Å². The first-order valence-electron chi connectivity index (χ1n) is 9.03. The molecule has 0 amide bonds. The van der Waals surface area contributed by atoms with Crippen molar-refractivity contribution in [3.05, 3.63) is 66.2 Å². The SMILES string of the molecule is FC(F)(F)C(/C(=N/C(=S)N(Cc1ccccc1)c1ccccc1)C(F)(F)C(F)(F)F)C(F)(F)F. The highest BCUT2D eigenvalue weighted by Crippen LogP contribution is 2.48. The van der Waals surface area contributed by atoms with Crippen LogP contribution in [-0.4, -0.2) is 35.3 Å². The number of para-hydroxylation sites is 1. The molecule has 14 heteroatoms. The molecule has 0 aliphatic carbocycles. The molecule has 0 saturated carbocycles. The van der Waals surface area contributed by atoms with Gasteiger partial charge in [-0.1, -0.05) is 48.5 Å². The summed E-state index contributed by atoms with van der Waals surface area (Å²) in [5, 5.41) is -1.35. The molecule has 0 saturated heterocycles. The number of rotatable bonds is 5. The van der Waals surface area contributed by atoms with Gasteiger partial charge < -0.3 is 4.90 Å². The summed E-state index contributed by atoms with van der Waals surface area (Å²) >= 11 is 4.69. The van der Waals surface area contributed by atoms with E-state index in [1.807, 2.05) is 0 Å². The van der Waals surface area contributed by atoms with E-state index in [0.29, 0.717) is 5.56 Å². The van der Waals surface area contributed by atoms with Gasteiger partial charge in [0, 0.05) is 5.69 Å². The van der Waals surface area contributed by atoms with E-state index in [2.05, 4.69) is 4.99 Å². The van der Waals surface area contributed by atoms with E-state index in [9.17, 15) is 48.3 Å². The van der Waals surface area contributed by atoms with Crippen LogP contribution in [0.3, 0.4) is 0 Å². The molecule has 0 heterocycles. The zero-order valence-electron chi connectivity index (χ0n) is 16.5. The average Bonchev–Trinajstić information content (AvgIpc) is 2.70. The van der Waals surface area contributed by atoms with Crippen LogP contribution in [0.25, 0.3) is 0 Å². The van der Waals surface area contributed by atoms with Crippen LogP contribution in [0.15, 0.2) is 65.7 Å². The van der Waals surface area contributed by atoms with Gasteiger partial charge in [-0.05, 0) is 29.9 Å². The largest absolute Gasteiger partial charge is 0.459 e. The minimum Gasteiger partial charge on any atom is -0.313 e. The van der Waals surface area contributed by atoms with Gasteiger partial charge >= 0.3 is 24.5 Å². The Labute approximate surface area is 190 Å². The van der Waals surface area contributed by atoms with E-state index in [1.54, 1.807) is 6.07 Å². The maximum Gasteiger partial charge on any atom is 0.459 e. The number of thiocarbonyl (C=S) groups is 1. The third-order valence-corrected chi connectivity index (χ3v) is 4.62. The van der Waals surface area contributed by atoms with Crippen molar-refractivity contribution in [2.75, 3.05) is 4.90 Å². The lowest BCUT2D eigenvalue weighted by Crippen LogP contribution is -2.55. The molecule has 2 aromatic rings. The fourth-order valence-corrected chi connectivity index (χ4v) is 3.03. The van der Waals surface area contributed by atoms with Crippen molar-refractivity contribution < 1.29 is 48.3 Å². The van der Waals surface area contributed by atoms with Crippen molar-refractivity contribution in [2.45, 2.75) is 31.0 Å². The molecule has 0 spiro atoms. The Morgan fingerprint density at radius 2 is 1.18 bits per heavy atom. The molecule has 2 nitrogen and oxygen atoms in total. The molecule has 186 valence electrons. The van der Waals surface area contributed by atoms with Gasteiger partial charge in [0.2, 0.25) is 0 Å². The van der Waals surface area contributed by atoms with Gasteiger partial charge in [-0.15, -0.1) is 0 Å². The summed E-state index contributed by atoms with van der Waals surface area (Å²) in [5.74, 6) is -11.8. The first kappa shape index (κ1) is 27.5. The van der Waals surface area contributed by atoms with Gasteiger partial charge in [0.1, 0.15) is 5.71 Å². The Balaban J connectivity index is 2.72. The summed E-state index contributed by atoms with van der Waals surface area (Å²) in [4.78, 5) is 3.22. The van der Waals surface area contributed by atoms with Gasteiger partial charge in [0.15, 0.2) is 11.0 Å². The van der Waals surface area contributed by atoms with Gasteiger partial charge in [-0.2, -0.15) is 48.3 Å². The van der Waals surface area contributed by atoms with Crippen molar-refractivity contribution in [3.8, 4) is 0 Å². The minimum absolute atomic E-state index is 0.0228. The van der Waals surface area contributed by atoms with Crippen molar-refractivity contribution in [3.63, 3.8) is 0 Å². The molecule has 2 rings (SSSR count). The number of benzene rings is 2. The van der Waals surface area contributed by atoms with Gasteiger partial charge in [0.05, 0.1) is 6.54 Å². The number of aliphatic imine (C=N–C) groups is 1. The summed E-state index contributed by atoms with van der Waals surface area (Å²) in [5.41, 5.74) is -3.18. The van der Waals surface area contributed by atoms with Crippen molar-refractivity contribution in [2.24, 2.45) is 10.9 Å². The molecule has 0 aromatic heterocycles. The lowest BCUT2D eigenvalue weighted by atomic mass is 9.96. The second-order valence-corrected chi connectivity index (χ2v) is 7.14. The lowest BCUT2D eigenvalue weighted by molar-refractivity contribution is -0.280. The molecule has 0 bridgehead atoms. The first-order chi connectivity index (χ1) is 15.5. The minimum atomic E-state index is -6.81. The Morgan fingerprint density at radius 1 is 0.735 bits per heavy atom. The second kappa shape index (κ2) is 9.84. The van der Waals surface area contributed by atoms with E-state index >= 15 is 0 Å². The maximum atomic E-state index is 14.0. The van der Waals surface area contributed by atoms with Crippen LogP contribution in [0, 0.1) is 5.92 Å².